The number of sulfonamides is 1. The minimum atomic E-state index is -3.75. The average Bonchev–Trinajstić information content (AvgIpc) is 2.66. The number of nitrogens with one attached hydrogen (secondary N) is 1. The number of hydrogen-bond acceptors (Lipinski definition) is 7. The molecule has 1 aromatic carbocycles. The van der Waals surface area contributed by atoms with Gasteiger partial charge in [-0.15, -0.1) is 0 Å². The number of aryl methyl sites for hydroxylation is 1. The number of benzene rings is 1. The van der Waals surface area contributed by atoms with Crippen LogP contribution in [0.15, 0.2) is 48.7 Å². The van der Waals surface area contributed by atoms with Gasteiger partial charge in [0.25, 0.3) is 5.91 Å². The minimum absolute atomic E-state index is 0.0278. The van der Waals surface area contributed by atoms with Gasteiger partial charge in [-0.05, 0) is 30.9 Å². The Kier molecular flexibility index (Phi) is 7.30. The number of nitrogens with zero attached hydrogens (tertiary/aromatic N) is 1. The summed E-state index contributed by atoms with van der Waals surface area (Å²) >= 11 is 0. The third-order valence-corrected chi connectivity index (χ3v) is 4.90. The fourth-order valence-electron chi connectivity index (χ4n) is 2.22. The molecule has 8 nitrogen and oxygen atoms in total. The van der Waals surface area contributed by atoms with Gasteiger partial charge in [0.05, 0.1) is 18.4 Å². The van der Waals surface area contributed by atoms with Crippen LogP contribution < -0.4 is 9.46 Å². The SMILES string of the molecule is COC(=O)Oc1ccc(C(=O)NS(=O)(=O)CCCCc2ccccc2)cn1. The predicted molar refractivity (Wildman–Crippen MR) is 97.9 cm³/mol. The van der Waals surface area contributed by atoms with Gasteiger partial charge in [-0.2, -0.15) is 0 Å². The summed E-state index contributed by atoms with van der Waals surface area (Å²) in [6.07, 6.45) is 2.06. The standard InChI is InChI=1S/C18H20N2O6S/c1-25-18(22)26-16-11-10-15(13-19-16)17(21)20-27(23,24)12-6-5-9-14-7-3-2-4-8-14/h2-4,7-8,10-11,13H,5-6,9,12H2,1H3,(H,20,21). The molecule has 1 amide bonds. The Morgan fingerprint density at radius 3 is 2.44 bits per heavy atom. The molecule has 2 rings (SSSR count). The predicted octanol–water partition coefficient (Wildman–Crippen LogP) is 2.31. The Labute approximate surface area is 157 Å². The van der Waals surface area contributed by atoms with Gasteiger partial charge in [0, 0.05) is 12.3 Å². The number of aromatic nitrogens is 1. The largest absolute Gasteiger partial charge is 0.514 e. The van der Waals surface area contributed by atoms with Crippen LogP contribution >= 0.6 is 0 Å². The van der Waals surface area contributed by atoms with Gasteiger partial charge in [0.15, 0.2) is 0 Å². The van der Waals surface area contributed by atoms with Crippen molar-refractivity contribution >= 4 is 22.1 Å². The monoisotopic (exact) mass is 392 g/mol. The third-order valence-electron chi connectivity index (χ3n) is 3.57. The Morgan fingerprint density at radius 1 is 1.07 bits per heavy atom. The second-order valence-electron chi connectivity index (χ2n) is 5.63. The molecule has 2 aromatic rings. The van der Waals surface area contributed by atoms with E-state index in [2.05, 4.69) is 14.5 Å². The van der Waals surface area contributed by atoms with Crippen molar-refractivity contribution in [3.63, 3.8) is 0 Å². The van der Waals surface area contributed by atoms with Crippen LogP contribution in [-0.4, -0.2) is 38.3 Å². The van der Waals surface area contributed by atoms with Crippen molar-refractivity contribution in [2.24, 2.45) is 0 Å². The molecular formula is C18H20N2O6S. The molecule has 1 heterocycles. The van der Waals surface area contributed by atoms with Crippen molar-refractivity contribution in [1.29, 1.82) is 0 Å². The Bertz CT molecular complexity index is 866. The summed E-state index contributed by atoms with van der Waals surface area (Å²) in [5.74, 6) is -1.01. The first-order valence-corrected chi connectivity index (χ1v) is 9.85. The lowest BCUT2D eigenvalue weighted by Gasteiger charge is -2.07. The first kappa shape index (κ1) is 20.4. The number of hydrogen-bond donors (Lipinski definition) is 1. The second kappa shape index (κ2) is 9.67. The maximum Gasteiger partial charge on any atom is 0.514 e. The zero-order chi connectivity index (χ0) is 19.7. The quantitative estimate of drug-likeness (QED) is 0.542. The van der Waals surface area contributed by atoms with Gasteiger partial charge in [-0.25, -0.2) is 22.9 Å². The summed E-state index contributed by atoms with van der Waals surface area (Å²) in [6, 6.07) is 12.3. The van der Waals surface area contributed by atoms with Crippen molar-refractivity contribution in [2.75, 3.05) is 12.9 Å². The molecule has 0 aliphatic rings. The van der Waals surface area contributed by atoms with Crippen LogP contribution in [-0.2, 0) is 21.2 Å². The molecule has 0 atom stereocenters. The van der Waals surface area contributed by atoms with Gasteiger partial charge in [-0.3, -0.25) is 4.79 Å². The number of pyridine rings is 1. The van der Waals surface area contributed by atoms with Crippen molar-refractivity contribution in [2.45, 2.75) is 19.3 Å². The number of carbonyl (C=O) groups excluding carboxylic acids is 2. The van der Waals surface area contributed by atoms with E-state index in [9.17, 15) is 18.0 Å². The molecule has 1 N–H and O–H groups in total. The molecule has 0 saturated heterocycles. The third kappa shape index (κ3) is 7.06. The summed E-state index contributed by atoms with van der Waals surface area (Å²) in [6.45, 7) is 0. The van der Waals surface area contributed by atoms with Crippen LogP contribution in [0.3, 0.4) is 0 Å². The second-order valence-corrected chi connectivity index (χ2v) is 7.48. The summed E-state index contributed by atoms with van der Waals surface area (Å²) in [5.41, 5.74) is 1.17. The molecule has 0 aliphatic heterocycles. The fraction of sp³-hybridized carbons (Fsp3) is 0.278. The molecule has 9 heteroatoms. The molecule has 0 saturated carbocycles. The highest BCUT2D eigenvalue weighted by Crippen LogP contribution is 2.09. The highest BCUT2D eigenvalue weighted by Gasteiger charge is 2.16. The number of amides is 1. The van der Waals surface area contributed by atoms with E-state index in [1.54, 1.807) is 0 Å². The Hall–Kier alpha value is -2.94. The van der Waals surface area contributed by atoms with Crippen molar-refractivity contribution in [3.8, 4) is 5.88 Å². The van der Waals surface area contributed by atoms with Gasteiger partial charge < -0.3 is 9.47 Å². The lowest BCUT2D eigenvalue weighted by atomic mass is 10.1. The average molecular weight is 392 g/mol. The molecule has 1 aromatic heterocycles. The van der Waals surface area contributed by atoms with Crippen molar-refractivity contribution in [1.82, 2.24) is 9.71 Å². The number of methoxy groups -OCH3 is 1. The van der Waals surface area contributed by atoms with E-state index in [-0.39, 0.29) is 17.2 Å². The number of ether oxygens (including phenoxy) is 2. The Balaban J connectivity index is 1.81. The fourth-order valence-corrected chi connectivity index (χ4v) is 3.31. The van der Waals surface area contributed by atoms with Crippen molar-refractivity contribution in [3.05, 3.63) is 59.8 Å². The number of unbranched alkanes of at least 4 members (excludes halogenated alkanes) is 1. The van der Waals surface area contributed by atoms with E-state index in [1.165, 1.54) is 12.1 Å². The molecule has 27 heavy (non-hydrogen) atoms. The summed E-state index contributed by atoms with van der Waals surface area (Å²) < 4.78 is 35.1. The molecule has 0 spiro atoms. The number of carbonyl (C=O) groups is 2. The maximum absolute atomic E-state index is 12.0. The molecule has 0 bridgehead atoms. The first-order chi connectivity index (χ1) is 12.9. The lowest BCUT2D eigenvalue weighted by Crippen LogP contribution is -2.32. The highest BCUT2D eigenvalue weighted by molar-refractivity contribution is 7.90. The van der Waals surface area contributed by atoms with E-state index in [4.69, 9.17) is 0 Å². The van der Waals surface area contributed by atoms with Gasteiger partial charge in [0.1, 0.15) is 0 Å². The van der Waals surface area contributed by atoms with E-state index < -0.39 is 22.1 Å². The molecule has 0 radical (unpaired) electrons. The number of rotatable bonds is 8. The first-order valence-electron chi connectivity index (χ1n) is 8.20. The summed E-state index contributed by atoms with van der Waals surface area (Å²) in [5, 5.41) is 0. The van der Waals surface area contributed by atoms with Crippen LogP contribution in [0.5, 0.6) is 5.88 Å². The van der Waals surface area contributed by atoms with Crippen LogP contribution in [0.2, 0.25) is 0 Å². The zero-order valence-electron chi connectivity index (χ0n) is 14.8. The van der Waals surface area contributed by atoms with Crippen LogP contribution in [0.4, 0.5) is 4.79 Å². The Morgan fingerprint density at radius 2 is 1.81 bits per heavy atom. The van der Waals surface area contributed by atoms with Gasteiger partial charge >= 0.3 is 6.16 Å². The zero-order valence-corrected chi connectivity index (χ0v) is 15.6. The van der Waals surface area contributed by atoms with E-state index in [0.717, 1.165) is 25.3 Å². The lowest BCUT2D eigenvalue weighted by molar-refractivity contribution is 0.0981. The van der Waals surface area contributed by atoms with Gasteiger partial charge in [0.2, 0.25) is 15.9 Å². The minimum Gasteiger partial charge on any atom is -0.437 e. The molecular weight excluding hydrogens is 372 g/mol. The van der Waals surface area contributed by atoms with Crippen LogP contribution in [0, 0.1) is 0 Å². The van der Waals surface area contributed by atoms with Crippen LogP contribution in [0.25, 0.3) is 0 Å². The maximum atomic E-state index is 12.0. The van der Waals surface area contributed by atoms with Crippen molar-refractivity contribution < 1.29 is 27.5 Å². The smallest absolute Gasteiger partial charge is 0.437 e. The molecule has 0 unspecified atom stereocenters. The van der Waals surface area contributed by atoms with E-state index in [0.29, 0.717) is 12.8 Å². The molecule has 144 valence electrons. The highest BCUT2D eigenvalue weighted by atomic mass is 32.2. The van der Waals surface area contributed by atoms with E-state index >= 15 is 0 Å². The van der Waals surface area contributed by atoms with Gasteiger partial charge in [-0.1, -0.05) is 30.3 Å². The molecule has 0 fully saturated rings. The summed E-state index contributed by atoms with van der Waals surface area (Å²) in [4.78, 5) is 26.7. The summed E-state index contributed by atoms with van der Waals surface area (Å²) in [7, 11) is -2.60. The molecule has 0 aliphatic carbocycles. The normalized spacial score (nSPS) is 10.9. The van der Waals surface area contributed by atoms with E-state index in [1.807, 2.05) is 35.1 Å². The van der Waals surface area contributed by atoms with Crippen LogP contribution in [0.1, 0.15) is 28.8 Å². The topological polar surface area (TPSA) is 112 Å².